The van der Waals surface area contributed by atoms with E-state index in [1.807, 2.05) is 0 Å². The fraction of sp³-hybridized carbons (Fsp3) is 0.353. The molecule has 0 atom stereocenters. The highest BCUT2D eigenvalue weighted by molar-refractivity contribution is 6.30. The van der Waals surface area contributed by atoms with Crippen molar-refractivity contribution in [2.45, 2.75) is 39.2 Å². The Labute approximate surface area is 143 Å². The van der Waals surface area contributed by atoms with Crippen molar-refractivity contribution >= 4 is 23.2 Å². The third-order valence-electron chi connectivity index (χ3n) is 4.14. The van der Waals surface area contributed by atoms with E-state index in [9.17, 15) is 14.0 Å². The molecular weight excluding hydrogens is 333 g/mol. The van der Waals surface area contributed by atoms with Crippen LogP contribution in [0.1, 0.15) is 29.9 Å². The van der Waals surface area contributed by atoms with E-state index in [1.54, 1.807) is 6.92 Å². The summed E-state index contributed by atoms with van der Waals surface area (Å²) in [6, 6.07) is 3.99. The van der Waals surface area contributed by atoms with Gasteiger partial charge in [-0.15, -0.1) is 0 Å². The van der Waals surface area contributed by atoms with Crippen molar-refractivity contribution in [2.75, 3.05) is 5.32 Å². The highest BCUT2D eigenvalue weighted by Gasteiger charge is 2.19. The molecule has 0 unspecified atom stereocenters. The van der Waals surface area contributed by atoms with Crippen LogP contribution in [0, 0.1) is 12.7 Å². The van der Waals surface area contributed by atoms with E-state index >= 15 is 0 Å². The van der Waals surface area contributed by atoms with Gasteiger partial charge in [0.25, 0.3) is 5.56 Å². The number of fused-ring (bicyclic) bond motifs is 1. The lowest BCUT2D eigenvalue weighted by molar-refractivity contribution is -0.116. The standard InChI is InChI=1S/C17H17ClFN3O2/c1-10-20-14-5-3-2-4-12(14)17(24)22(10)9-16(23)21-15-7-6-11(18)8-13(15)19/h6-8H,2-5,9H2,1H3,(H,21,23). The van der Waals surface area contributed by atoms with E-state index in [4.69, 9.17) is 11.6 Å². The number of nitrogens with one attached hydrogen (secondary N) is 1. The molecule has 1 aliphatic carbocycles. The number of carbonyl (C=O) groups excluding carboxylic acids is 1. The zero-order chi connectivity index (χ0) is 17.3. The molecule has 2 aromatic rings. The Morgan fingerprint density at radius 2 is 2.12 bits per heavy atom. The maximum Gasteiger partial charge on any atom is 0.257 e. The van der Waals surface area contributed by atoms with Gasteiger partial charge >= 0.3 is 0 Å². The van der Waals surface area contributed by atoms with Crippen LogP contribution in [0.3, 0.4) is 0 Å². The molecule has 0 saturated carbocycles. The highest BCUT2D eigenvalue weighted by atomic mass is 35.5. The Morgan fingerprint density at radius 3 is 2.88 bits per heavy atom. The van der Waals surface area contributed by atoms with Crippen molar-refractivity contribution in [3.8, 4) is 0 Å². The molecule has 3 rings (SSSR count). The summed E-state index contributed by atoms with van der Waals surface area (Å²) in [5, 5.41) is 2.71. The molecule has 1 heterocycles. The van der Waals surface area contributed by atoms with E-state index in [0.717, 1.165) is 31.0 Å². The summed E-state index contributed by atoms with van der Waals surface area (Å²) in [5.41, 5.74) is 1.38. The Balaban J connectivity index is 1.83. The van der Waals surface area contributed by atoms with Gasteiger partial charge in [0.05, 0.1) is 11.4 Å². The van der Waals surface area contributed by atoms with Gasteiger partial charge in [-0.05, 0) is 50.8 Å². The molecule has 0 aliphatic heterocycles. The Kier molecular flexibility index (Phi) is 4.66. The lowest BCUT2D eigenvalue weighted by Gasteiger charge is -2.18. The fourth-order valence-electron chi connectivity index (χ4n) is 2.92. The van der Waals surface area contributed by atoms with Crippen LogP contribution in [-0.2, 0) is 24.2 Å². The molecule has 0 fully saturated rings. The molecule has 1 aromatic carbocycles. The van der Waals surface area contributed by atoms with E-state index < -0.39 is 11.7 Å². The SMILES string of the molecule is Cc1nc2c(c(=O)n1CC(=O)Nc1ccc(Cl)cc1F)CCCC2. The highest BCUT2D eigenvalue weighted by Crippen LogP contribution is 2.19. The third-order valence-corrected chi connectivity index (χ3v) is 4.37. The summed E-state index contributed by atoms with van der Waals surface area (Å²) in [4.78, 5) is 29.2. The number of rotatable bonds is 3. The van der Waals surface area contributed by atoms with Crippen LogP contribution in [0.4, 0.5) is 10.1 Å². The van der Waals surface area contributed by atoms with Crippen LogP contribution in [-0.4, -0.2) is 15.5 Å². The number of aryl methyl sites for hydroxylation is 2. The van der Waals surface area contributed by atoms with Crippen LogP contribution >= 0.6 is 11.6 Å². The van der Waals surface area contributed by atoms with Gasteiger partial charge in [-0.2, -0.15) is 0 Å². The largest absolute Gasteiger partial charge is 0.322 e. The number of amides is 1. The average Bonchev–Trinajstić information content (AvgIpc) is 2.54. The first-order chi connectivity index (χ1) is 11.5. The maximum atomic E-state index is 13.8. The van der Waals surface area contributed by atoms with Crippen molar-refractivity contribution in [1.82, 2.24) is 9.55 Å². The number of halogens is 2. The first-order valence-electron chi connectivity index (χ1n) is 7.80. The quantitative estimate of drug-likeness (QED) is 0.926. The van der Waals surface area contributed by atoms with Gasteiger partial charge in [-0.3, -0.25) is 14.2 Å². The van der Waals surface area contributed by atoms with Gasteiger partial charge in [0, 0.05) is 10.6 Å². The molecule has 0 bridgehead atoms. The van der Waals surface area contributed by atoms with Gasteiger partial charge in [0.15, 0.2) is 0 Å². The van der Waals surface area contributed by atoms with Crippen LogP contribution in [0.15, 0.2) is 23.0 Å². The molecule has 0 radical (unpaired) electrons. The number of carbonyl (C=O) groups is 1. The predicted molar refractivity (Wildman–Crippen MR) is 89.9 cm³/mol. The van der Waals surface area contributed by atoms with E-state index in [-0.39, 0.29) is 22.8 Å². The number of anilines is 1. The van der Waals surface area contributed by atoms with Crippen molar-refractivity contribution in [3.63, 3.8) is 0 Å². The molecule has 126 valence electrons. The number of hydrogen-bond acceptors (Lipinski definition) is 3. The first-order valence-corrected chi connectivity index (χ1v) is 8.17. The number of hydrogen-bond donors (Lipinski definition) is 1. The van der Waals surface area contributed by atoms with Crippen molar-refractivity contribution < 1.29 is 9.18 Å². The second kappa shape index (κ2) is 6.73. The predicted octanol–water partition coefficient (Wildman–Crippen LogP) is 2.86. The lowest BCUT2D eigenvalue weighted by atomic mass is 9.97. The molecule has 1 amide bonds. The molecule has 24 heavy (non-hydrogen) atoms. The minimum atomic E-state index is -0.622. The molecule has 1 N–H and O–H groups in total. The van der Waals surface area contributed by atoms with Crippen LogP contribution in [0.25, 0.3) is 0 Å². The van der Waals surface area contributed by atoms with E-state index in [0.29, 0.717) is 17.8 Å². The summed E-state index contributed by atoms with van der Waals surface area (Å²) >= 11 is 5.69. The minimum absolute atomic E-state index is 0.0287. The molecular formula is C17H17ClFN3O2. The number of nitrogens with zero attached hydrogens (tertiary/aromatic N) is 2. The van der Waals surface area contributed by atoms with Gasteiger partial charge < -0.3 is 5.32 Å². The summed E-state index contributed by atoms with van der Waals surface area (Å²) in [6.07, 6.45) is 3.47. The van der Waals surface area contributed by atoms with E-state index in [2.05, 4.69) is 10.3 Å². The zero-order valence-corrected chi connectivity index (χ0v) is 14.0. The molecule has 0 spiro atoms. The molecule has 1 aliphatic rings. The average molecular weight is 350 g/mol. The molecule has 0 saturated heterocycles. The van der Waals surface area contributed by atoms with Crippen LogP contribution < -0.4 is 10.9 Å². The third kappa shape index (κ3) is 3.33. The summed E-state index contributed by atoms with van der Waals surface area (Å²) in [6.45, 7) is 1.50. The normalized spacial score (nSPS) is 13.5. The molecule has 5 nitrogen and oxygen atoms in total. The van der Waals surface area contributed by atoms with Crippen molar-refractivity contribution in [3.05, 3.63) is 56.5 Å². The Hall–Kier alpha value is -2.21. The zero-order valence-electron chi connectivity index (χ0n) is 13.2. The van der Waals surface area contributed by atoms with Gasteiger partial charge in [-0.1, -0.05) is 11.6 Å². The van der Waals surface area contributed by atoms with Crippen LogP contribution in [0.5, 0.6) is 0 Å². The Morgan fingerprint density at radius 1 is 1.38 bits per heavy atom. The van der Waals surface area contributed by atoms with Gasteiger partial charge in [0.1, 0.15) is 18.2 Å². The second-order valence-electron chi connectivity index (χ2n) is 5.86. The number of benzene rings is 1. The molecule has 1 aromatic heterocycles. The second-order valence-corrected chi connectivity index (χ2v) is 6.29. The fourth-order valence-corrected chi connectivity index (χ4v) is 3.08. The monoisotopic (exact) mass is 349 g/mol. The summed E-state index contributed by atoms with van der Waals surface area (Å²) < 4.78 is 15.1. The Bertz CT molecular complexity index is 864. The number of aromatic nitrogens is 2. The van der Waals surface area contributed by atoms with Crippen molar-refractivity contribution in [2.24, 2.45) is 0 Å². The first kappa shape index (κ1) is 16.6. The van der Waals surface area contributed by atoms with Crippen LogP contribution in [0.2, 0.25) is 5.02 Å². The van der Waals surface area contributed by atoms with E-state index in [1.165, 1.54) is 16.7 Å². The topological polar surface area (TPSA) is 64.0 Å². The minimum Gasteiger partial charge on any atom is -0.322 e. The lowest BCUT2D eigenvalue weighted by Crippen LogP contribution is -2.34. The smallest absolute Gasteiger partial charge is 0.257 e. The van der Waals surface area contributed by atoms with Gasteiger partial charge in [-0.25, -0.2) is 9.37 Å². The summed E-state index contributed by atoms with van der Waals surface area (Å²) in [7, 11) is 0. The molecule has 7 heteroatoms. The van der Waals surface area contributed by atoms with Crippen molar-refractivity contribution in [1.29, 1.82) is 0 Å². The summed E-state index contributed by atoms with van der Waals surface area (Å²) in [5.74, 6) is -0.616. The van der Waals surface area contributed by atoms with Gasteiger partial charge in [0.2, 0.25) is 5.91 Å². The maximum absolute atomic E-state index is 13.8.